The Morgan fingerprint density at radius 1 is 1.37 bits per heavy atom. The second kappa shape index (κ2) is 4.30. The van der Waals surface area contributed by atoms with Crippen LogP contribution in [0, 0.1) is 6.92 Å². The van der Waals surface area contributed by atoms with E-state index in [2.05, 4.69) is 0 Å². The van der Waals surface area contributed by atoms with E-state index in [4.69, 9.17) is 21.1 Å². The topological polar surface area (TPSA) is 55.8 Å². The minimum absolute atomic E-state index is 0.163. The molecule has 0 atom stereocenters. The van der Waals surface area contributed by atoms with E-state index >= 15 is 0 Å². The third kappa shape index (κ3) is 1.70. The number of hydrogen-bond donors (Lipinski definition) is 1. The van der Waals surface area contributed by atoms with Crippen molar-refractivity contribution in [1.82, 2.24) is 0 Å². The van der Waals surface area contributed by atoms with Crippen molar-refractivity contribution in [3.8, 4) is 11.5 Å². The largest absolute Gasteiger partial charge is 0.481 e. The molecule has 0 saturated heterocycles. The van der Waals surface area contributed by atoms with Gasteiger partial charge in [0.1, 0.15) is 0 Å². The van der Waals surface area contributed by atoms with Crippen molar-refractivity contribution in [1.29, 1.82) is 0 Å². The number of ether oxygens (including phenoxy) is 2. The van der Waals surface area contributed by atoms with Crippen LogP contribution in [0.3, 0.4) is 0 Å². The quantitative estimate of drug-likeness (QED) is 0.904. The standard InChI is InChI=1S/C14H15ClO4/c1-8-11(15)9(6-10-12(8)19-7-18-10)14(13(16)17)4-2-3-5-14/h6H,2-5,7H2,1H3,(H,16,17). The number of rotatable bonds is 2. The van der Waals surface area contributed by atoms with Crippen LogP contribution in [0.15, 0.2) is 6.07 Å². The average molecular weight is 283 g/mol. The summed E-state index contributed by atoms with van der Waals surface area (Å²) in [6.45, 7) is 2.00. The molecule has 5 heteroatoms. The highest BCUT2D eigenvalue weighted by atomic mass is 35.5. The molecule has 0 spiro atoms. The van der Waals surface area contributed by atoms with Crippen LogP contribution >= 0.6 is 11.6 Å². The van der Waals surface area contributed by atoms with Crippen molar-refractivity contribution in [3.05, 3.63) is 22.2 Å². The Labute approximate surface area is 116 Å². The van der Waals surface area contributed by atoms with Crippen LogP contribution in [0.4, 0.5) is 0 Å². The highest BCUT2D eigenvalue weighted by molar-refractivity contribution is 6.32. The highest BCUT2D eigenvalue weighted by Gasteiger charge is 2.45. The molecule has 0 aromatic heterocycles. The Morgan fingerprint density at radius 3 is 2.68 bits per heavy atom. The van der Waals surface area contributed by atoms with Gasteiger partial charge in [0.25, 0.3) is 0 Å². The van der Waals surface area contributed by atoms with E-state index in [1.807, 2.05) is 6.92 Å². The molecule has 1 aliphatic carbocycles. The van der Waals surface area contributed by atoms with Crippen LogP contribution < -0.4 is 9.47 Å². The zero-order chi connectivity index (χ0) is 13.6. The first-order chi connectivity index (χ1) is 9.06. The summed E-state index contributed by atoms with van der Waals surface area (Å²) in [5.41, 5.74) is 0.558. The summed E-state index contributed by atoms with van der Waals surface area (Å²) in [7, 11) is 0. The molecule has 1 heterocycles. The van der Waals surface area contributed by atoms with Gasteiger partial charge in [0.05, 0.1) is 10.4 Å². The third-order valence-corrected chi connectivity index (χ3v) is 4.69. The van der Waals surface area contributed by atoms with Gasteiger partial charge in [-0.05, 0) is 31.4 Å². The number of hydrogen-bond acceptors (Lipinski definition) is 3. The first-order valence-electron chi connectivity index (χ1n) is 6.39. The summed E-state index contributed by atoms with van der Waals surface area (Å²) >= 11 is 6.39. The van der Waals surface area contributed by atoms with Crippen LogP contribution in [-0.2, 0) is 10.2 Å². The maximum Gasteiger partial charge on any atom is 0.314 e. The number of carboxylic acid groups (broad SMARTS) is 1. The van der Waals surface area contributed by atoms with E-state index in [1.165, 1.54) is 0 Å². The molecule has 19 heavy (non-hydrogen) atoms. The Balaban J connectivity index is 2.20. The number of benzene rings is 1. The molecule has 0 unspecified atom stereocenters. The van der Waals surface area contributed by atoms with Gasteiger partial charge in [-0.15, -0.1) is 0 Å². The molecule has 0 amide bonds. The van der Waals surface area contributed by atoms with Crippen LogP contribution in [0.2, 0.25) is 5.02 Å². The highest BCUT2D eigenvalue weighted by Crippen LogP contribution is 2.50. The lowest BCUT2D eigenvalue weighted by atomic mass is 9.78. The predicted molar refractivity (Wildman–Crippen MR) is 70.1 cm³/mol. The number of carbonyl (C=O) groups is 1. The summed E-state index contributed by atoms with van der Waals surface area (Å²) in [4.78, 5) is 11.8. The lowest BCUT2D eigenvalue weighted by molar-refractivity contribution is -0.143. The van der Waals surface area contributed by atoms with E-state index in [9.17, 15) is 9.90 Å². The summed E-state index contributed by atoms with van der Waals surface area (Å²) in [6.07, 6.45) is 3.08. The fourth-order valence-corrected chi connectivity index (χ4v) is 3.43. The zero-order valence-corrected chi connectivity index (χ0v) is 11.4. The van der Waals surface area contributed by atoms with E-state index in [0.29, 0.717) is 34.9 Å². The molecule has 1 saturated carbocycles. The average Bonchev–Trinajstić information content (AvgIpc) is 3.02. The lowest BCUT2D eigenvalue weighted by Crippen LogP contribution is -2.33. The molecular formula is C14H15ClO4. The zero-order valence-electron chi connectivity index (χ0n) is 10.7. The van der Waals surface area contributed by atoms with Crippen molar-refractivity contribution in [2.24, 2.45) is 0 Å². The molecule has 3 rings (SSSR count). The van der Waals surface area contributed by atoms with E-state index < -0.39 is 11.4 Å². The minimum Gasteiger partial charge on any atom is -0.481 e. The second-order valence-electron chi connectivity index (χ2n) is 5.19. The molecule has 1 aromatic carbocycles. The molecule has 0 radical (unpaired) electrons. The van der Waals surface area contributed by atoms with Crippen molar-refractivity contribution >= 4 is 17.6 Å². The Hall–Kier alpha value is -1.42. The lowest BCUT2D eigenvalue weighted by Gasteiger charge is -2.26. The normalized spacial score (nSPS) is 19.7. The van der Waals surface area contributed by atoms with Gasteiger partial charge in [0.15, 0.2) is 11.5 Å². The van der Waals surface area contributed by atoms with Gasteiger partial charge in [0, 0.05) is 5.56 Å². The molecule has 1 aromatic rings. The molecule has 102 valence electrons. The summed E-state index contributed by atoms with van der Waals surface area (Å²) in [6, 6.07) is 1.75. The van der Waals surface area contributed by atoms with Crippen molar-refractivity contribution in [2.45, 2.75) is 38.0 Å². The molecule has 1 fully saturated rings. The molecular weight excluding hydrogens is 268 g/mol. The van der Waals surface area contributed by atoms with Gasteiger partial charge in [-0.3, -0.25) is 4.79 Å². The molecule has 1 N–H and O–H groups in total. The van der Waals surface area contributed by atoms with Gasteiger partial charge < -0.3 is 14.6 Å². The van der Waals surface area contributed by atoms with Crippen molar-refractivity contribution < 1.29 is 19.4 Å². The van der Waals surface area contributed by atoms with E-state index in [1.54, 1.807) is 6.07 Å². The van der Waals surface area contributed by atoms with Gasteiger partial charge in [-0.1, -0.05) is 24.4 Å². The number of halogens is 1. The van der Waals surface area contributed by atoms with Gasteiger partial charge in [0.2, 0.25) is 6.79 Å². The molecule has 2 aliphatic rings. The number of aliphatic carboxylic acids is 1. The first kappa shape index (κ1) is 12.6. The number of carboxylic acids is 1. The predicted octanol–water partition coefficient (Wildman–Crippen LogP) is 3.27. The van der Waals surface area contributed by atoms with Crippen molar-refractivity contribution in [2.75, 3.05) is 6.79 Å². The second-order valence-corrected chi connectivity index (χ2v) is 5.57. The van der Waals surface area contributed by atoms with Crippen LogP contribution in [0.5, 0.6) is 11.5 Å². The maximum absolute atomic E-state index is 11.8. The van der Waals surface area contributed by atoms with Crippen LogP contribution in [0.1, 0.15) is 36.8 Å². The SMILES string of the molecule is Cc1c(Cl)c(C2(C(=O)O)CCCC2)cc2c1OCO2. The van der Waals surface area contributed by atoms with E-state index in [0.717, 1.165) is 18.4 Å². The Bertz CT molecular complexity index is 547. The first-order valence-corrected chi connectivity index (χ1v) is 6.76. The van der Waals surface area contributed by atoms with Gasteiger partial charge in [-0.2, -0.15) is 0 Å². The fourth-order valence-electron chi connectivity index (χ4n) is 3.11. The Morgan fingerprint density at radius 2 is 2.05 bits per heavy atom. The van der Waals surface area contributed by atoms with E-state index in [-0.39, 0.29) is 6.79 Å². The molecule has 0 bridgehead atoms. The maximum atomic E-state index is 11.8. The smallest absolute Gasteiger partial charge is 0.314 e. The van der Waals surface area contributed by atoms with Crippen molar-refractivity contribution in [3.63, 3.8) is 0 Å². The summed E-state index contributed by atoms with van der Waals surface area (Å²) in [5, 5.41) is 10.1. The monoisotopic (exact) mass is 282 g/mol. The van der Waals surface area contributed by atoms with Crippen LogP contribution in [-0.4, -0.2) is 17.9 Å². The minimum atomic E-state index is -0.872. The molecule has 1 aliphatic heterocycles. The summed E-state index contributed by atoms with van der Waals surface area (Å²) in [5.74, 6) is 0.432. The van der Waals surface area contributed by atoms with Gasteiger partial charge >= 0.3 is 5.97 Å². The number of fused-ring (bicyclic) bond motifs is 1. The third-order valence-electron chi connectivity index (χ3n) is 4.21. The Kier molecular flexibility index (Phi) is 2.86. The summed E-state index contributed by atoms with van der Waals surface area (Å²) < 4.78 is 10.8. The van der Waals surface area contributed by atoms with Gasteiger partial charge in [-0.25, -0.2) is 0 Å². The molecule has 4 nitrogen and oxygen atoms in total. The van der Waals surface area contributed by atoms with Crippen LogP contribution in [0.25, 0.3) is 0 Å². The fraction of sp³-hybridized carbons (Fsp3) is 0.500.